The summed E-state index contributed by atoms with van der Waals surface area (Å²) in [7, 11) is 1.57. The number of rotatable bonds is 5. The molecule has 1 unspecified atom stereocenters. The summed E-state index contributed by atoms with van der Waals surface area (Å²) in [6.45, 7) is 1.69. The average Bonchev–Trinajstić information content (AvgIpc) is 2.87. The highest BCUT2D eigenvalue weighted by Gasteiger charge is 2.11. The van der Waals surface area contributed by atoms with Crippen LogP contribution in [0.1, 0.15) is 29.1 Å². The second-order valence-electron chi connectivity index (χ2n) is 4.17. The lowest BCUT2D eigenvalue weighted by Gasteiger charge is -2.03. The largest absolute Gasteiger partial charge is 0.497 e. The first kappa shape index (κ1) is 13.2. The lowest BCUT2D eigenvalue weighted by Crippen LogP contribution is -2.11. The van der Waals surface area contributed by atoms with Crippen molar-refractivity contribution in [1.82, 2.24) is 15.0 Å². The predicted octanol–water partition coefficient (Wildman–Crippen LogP) is 1.22. The topological polar surface area (TPSA) is 77.2 Å². The van der Waals surface area contributed by atoms with Crippen LogP contribution in [0.2, 0.25) is 0 Å². The van der Waals surface area contributed by atoms with Crippen molar-refractivity contribution >= 4 is 5.78 Å². The van der Waals surface area contributed by atoms with E-state index in [1.807, 2.05) is 0 Å². The molecule has 0 spiro atoms. The number of hydrogen-bond donors (Lipinski definition) is 1. The molecule has 1 N–H and O–H groups in total. The molecule has 1 atom stereocenters. The molecule has 0 aliphatic heterocycles. The fraction of sp³-hybridized carbons (Fsp3) is 0.308. The monoisotopic (exact) mass is 261 g/mol. The van der Waals surface area contributed by atoms with Crippen LogP contribution in [0.3, 0.4) is 0 Å². The van der Waals surface area contributed by atoms with Gasteiger partial charge in [0.1, 0.15) is 18.0 Å². The molecular formula is C13H15N3O3. The first-order valence-corrected chi connectivity index (χ1v) is 5.85. The maximum atomic E-state index is 12.0. The number of Topliss-reactive ketones (excluding diaryl/α,β-unsaturated/α-hetero) is 1. The van der Waals surface area contributed by atoms with E-state index in [0.29, 0.717) is 17.0 Å². The van der Waals surface area contributed by atoms with Crippen LogP contribution < -0.4 is 4.74 Å². The molecule has 0 aliphatic carbocycles. The first-order valence-electron chi connectivity index (χ1n) is 5.85. The lowest BCUT2D eigenvalue weighted by atomic mass is 10.1. The van der Waals surface area contributed by atoms with Crippen LogP contribution in [-0.4, -0.2) is 33.0 Å². The third kappa shape index (κ3) is 3.17. The Hall–Kier alpha value is -2.21. The fourth-order valence-electron chi connectivity index (χ4n) is 1.60. The molecule has 2 rings (SSSR count). The minimum Gasteiger partial charge on any atom is -0.497 e. The predicted molar refractivity (Wildman–Crippen MR) is 68.0 cm³/mol. The molecule has 100 valence electrons. The van der Waals surface area contributed by atoms with Crippen molar-refractivity contribution in [3.8, 4) is 5.75 Å². The van der Waals surface area contributed by atoms with Gasteiger partial charge < -0.3 is 9.84 Å². The summed E-state index contributed by atoms with van der Waals surface area (Å²) in [6.07, 6.45) is 0.872. The van der Waals surface area contributed by atoms with Crippen LogP contribution in [0.25, 0.3) is 0 Å². The maximum absolute atomic E-state index is 12.0. The SMILES string of the molecule is COc1ccc(C(=O)Cn2cc(C(C)O)nn2)cc1. The number of ketones is 1. The maximum Gasteiger partial charge on any atom is 0.184 e. The normalized spacial score (nSPS) is 12.2. The van der Waals surface area contributed by atoms with Crippen molar-refractivity contribution in [2.75, 3.05) is 7.11 Å². The van der Waals surface area contributed by atoms with Gasteiger partial charge in [-0.2, -0.15) is 0 Å². The Labute approximate surface area is 110 Å². The average molecular weight is 261 g/mol. The molecule has 2 aromatic rings. The number of aliphatic hydroxyl groups is 1. The number of benzene rings is 1. The number of ether oxygens (including phenoxy) is 1. The highest BCUT2D eigenvalue weighted by Crippen LogP contribution is 2.12. The van der Waals surface area contributed by atoms with Crippen molar-refractivity contribution in [3.63, 3.8) is 0 Å². The van der Waals surface area contributed by atoms with E-state index in [1.54, 1.807) is 44.5 Å². The van der Waals surface area contributed by atoms with Crippen molar-refractivity contribution in [3.05, 3.63) is 41.7 Å². The fourth-order valence-corrected chi connectivity index (χ4v) is 1.60. The molecule has 0 aliphatic rings. The Morgan fingerprint density at radius 3 is 2.63 bits per heavy atom. The molecule has 6 nitrogen and oxygen atoms in total. The van der Waals surface area contributed by atoms with Crippen LogP contribution in [0.4, 0.5) is 0 Å². The van der Waals surface area contributed by atoms with Gasteiger partial charge in [0, 0.05) is 5.56 Å². The Bertz CT molecular complexity index is 561. The van der Waals surface area contributed by atoms with E-state index in [-0.39, 0.29) is 12.3 Å². The van der Waals surface area contributed by atoms with E-state index >= 15 is 0 Å². The number of aliphatic hydroxyl groups excluding tert-OH is 1. The molecule has 0 saturated heterocycles. The summed E-state index contributed by atoms with van der Waals surface area (Å²) in [4.78, 5) is 12.0. The van der Waals surface area contributed by atoms with Crippen molar-refractivity contribution in [2.24, 2.45) is 0 Å². The first-order chi connectivity index (χ1) is 9.10. The van der Waals surface area contributed by atoms with Gasteiger partial charge in [-0.15, -0.1) is 5.10 Å². The van der Waals surface area contributed by atoms with Crippen molar-refractivity contribution in [2.45, 2.75) is 19.6 Å². The van der Waals surface area contributed by atoms with Crippen LogP contribution in [0.15, 0.2) is 30.5 Å². The summed E-state index contributed by atoms with van der Waals surface area (Å²) < 4.78 is 6.44. The van der Waals surface area contributed by atoms with Crippen LogP contribution >= 0.6 is 0 Å². The smallest absolute Gasteiger partial charge is 0.184 e. The van der Waals surface area contributed by atoms with E-state index in [9.17, 15) is 9.90 Å². The van der Waals surface area contributed by atoms with Gasteiger partial charge >= 0.3 is 0 Å². The zero-order valence-corrected chi connectivity index (χ0v) is 10.8. The summed E-state index contributed by atoms with van der Waals surface area (Å²) in [5.74, 6) is 0.624. The second-order valence-corrected chi connectivity index (χ2v) is 4.17. The number of nitrogens with zero attached hydrogens (tertiary/aromatic N) is 3. The number of methoxy groups -OCH3 is 1. The molecule has 0 radical (unpaired) electrons. The molecule has 6 heteroatoms. The van der Waals surface area contributed by atoms with Gasteiger partial charge in [-0.3, -0.25) is 4.79 Å². The van der Waals surface area contributed by atoms with Crippen LogP contribution in [0, 0.1) is 0 Å². The molecule has 0 fully saturated rings. The van der Waals surface area contributed by atoms with E-state index in [4.69, 9.17) is 4.74 Å². The number of carbonyl (C=O) groups is 1. The quantitative estimate of drug-likeness (QED) is 0.819. The van der Waals surface area contributed by atoms with E-state index in [1.165, 1.54) is 4.68 Å². The second kappa shape index (κ2) is 5.62. The van der Waals surface area contributed by atoms with E-state index in [2.05, 4.69) is 10.3 Å². The molecule has 0 bridgehead atoms. The summed E-state index contributed by atoms with van der Waals surface area (Å²) >= 11 is 0. The third-order valence-corrected chi connectivity index (χ3v) is 2.70. The summed E-state index contributed by atoms with van der Waals surface area (Å²) in [5.41, 5.74) is 1.03. The molecule has 0 amide bonds. The number of carbonyl (C=O) groups excluding carboxylic acids is 1. The zero-order valence-electron chi connectivity index (χ0n) is 10.8. The van der Waals surface area contributed by atoms with Gasteiger partial charge in [-0.25, -0.2) is 4.68 Å². The molecule has 0 saturated carbocycles. The highest BCUT2D eigenvalue weighted by atomic mass is 16.5. The summed E-state index contributed by atoms with van der Waals surface area (Å²) in [6, 6.07) is 6.87. The van der Waals surface area contributed by atoms with Gasteiger partial charge in [0.15, 0.2) is 5.78 Å². The van der Waals surface area contributed by atoms with Gasteiger partial charge in [0.25, 0.3) is 0 Å². The van der Waals surface area contributed by atoms with E-state index < -0.39 is 6.10 Å². The van der Waals surface area contributed by atoms with Gasteiger partial charge in [0.2, 0.25) is 0 Å². The van der Waals surface area contributed by atoms with Gasteiger partial charge in [-0.1, -0.05) is 5.21 Å². The summed E-state index contributed by atoms with van der Waals surface area (Å²) in [5, 5.41) is 16.9. The minimum atomic E-state index is -0.690. The van der Waals surface area contributed by atoms with Crippen molar-refractivity contribution in [1.29, 1.82) is 0 Å². The zero-order chi connectivity index (χ0) is 13.8. The molecule has 1 aromatic heterocycles. The Morgan fingerprint density at radius 1 is 1.42 bits per heavy atom. The standard InChI is InChI=1S/C13H15N3O3/c1-9(17)12-7-16(15-14-12)8-13(18)10-3-5-11(19-2)6-4-10/h3-7,9,17H,8H2,1-2H3. The molecule has 1 heterocycles. The Balaban J connectivity index is 2.06. The van der Waals surface area contributed by atoms with Crippen LogP contribution in [-0.2, 0) is 6.54 Å². The third-order valence-electron chi connectivity index (χ3n) is 2.70. The molecular weight excluding hydrogens is 246 g/mol. The van der Waals surface area contributed by atoms with Gasteiger partial charge in [0.05, 0.1) is 19.4 Å². The highest BCUT2D eigenvalue weighted by molar-refractivity contribution is 5.95. The molecule has 1 aromatic carbocycles. The van der Waals surface area contributed by atoms with Crippen LogP contribution in [0.5, 0.6) is 5.75 Å². The minimum absolute atomic E-state index is 0.0790. The molecule has 19 heavy (non-hydrogen) atoms. The van der Waals surface area contributed by atoms with E-state index in [0.717, 1.165) is 0 Å². The Morgan fingerprint density at radius 2 is 2.11 bits per heavy atom. The van der Waals surface area contributed by atoms with Gasteiger partial charge in [-0.05, 0) is 31.2 Å². The number of aromatic nitrogens is 3. The lowest BCUT2D eigenvalue weighted by molar-refractivity contribution is 0.0967. The number of hydrogen-bond acceptors (Lipinski definition) is 5. The Kier molecular flexibility index (Phi) is 3.91. The van der Waals surface area contributed by atoms with Crippen molar-refractivity contribution < 1.29 is 14.6 Å².